The maximum absolute atomic E-state index is 12.9. The Morgan fingerprint density at radius 1 is 0.862 bits per heavy atom. The van der Waals surface area contributed by atoms with E-state index in [0.717, 1.165) is 31.9 Å². The highest BCUT2D eigenvalue weighted by atomic mass is 79.9. The highest BCUT2D eigenvalue weighted by molar-refractivity contribution is 9.10. The van der Waals surface area contributed by atoms with Gasteiger partial charge in [0, 0.05) is 26.7 Å². The molecule has 5 aromatic rings. The van der Waals surface area contributed by atoms with Crippen LogP contribution in [0.4, 0.5) is 5.69 Å². The molecule has 140 valence electrons. The lowest BCUT2D eigenvalue weighted by molar-refractivity contribution is 0.102. The van der Waals surface area contributed by atoms with Gasteiger partial charge in [-0.05, 0) is 53.9 Å². The van der Waals surface area contributed by atoms with E-state index in [4.69, 9.17) is 4.52 Å². The fourth-order valence-electron chi connectivity index (χ4n) is 3.42. The summed E-state index contributed by atoms with van der Waals surface area (Å²) in [5.74, 6) is 0.471. The Morgan fingerprint density at radius 3 is 2.52 bits per heavy atom. The predicted molar refractivity (Wildman–Crippen MR) is 119 cm³/mol. The van der Waals surface area contributed by atoms with Gasteiger partial charge < -0.3 is 9.84 Å². The van der Waals surface area contributed by atoms with Crippen LogP contribution in [0.5, 0.6) is 0 Å². The number of aromatic nitrogens is 1. The minimum atomic E-state index is -0.175. The second-order valence-corrected chi connectivity index (χ2v) is 7.65. The van der Waals surface area contributed by atoms with Crippen LogP contribution in [0.3, 0.4) is 0 Å². The standard InChI is InChI=1S/C24H15BrN2O2/c25-18-11-8-16(9-12-18)23-20-14-17(10-13-22(20)27-29-23)24(28)26-21-7-3-5-15-4-1-2-6-19(15)21/h1-14H,(H,26,28). The first kappa shape index (κ1) is 17.6. The lowest BCUT2D eigenvalue weighted by atomic mass is 10.1. The zero-order valence-corrected chi connectivity index (χ0v) is 16.8. The molecular weight excluding hydrogens is 428 g/mol. The molecule has 1 aromatic heterocycles. The van der Waals surface area contributed by atoms with Crippen molar-refractivity contribution in [1.82, 2.24) is 5.16 Å². The molecule has 5 heteroatoms. The quantitative estimate of drug-likeness (QED) is 0.339. The van der Waals surface area contributed by atoms with Crippen LogP contribution in [-0.2, 0) is 0 Å². The van der Waals surface area contributed by atoms with Crippen LogP contribution in [0.2, 0.25) is 0 Å². The van der Waals surface area contributed by atoms with Gasteiger partial charge in [0.15, 0.2) is 5.76 Å². The second-order valence-electron chi connectivity index (χ2n) is 6.73. The number of rotatable bonds is 3. The molecule has 1 amide bonds. The van der Waals surface area contributed by atoms with Gasteiger partial charge in [-0.25, -0.2) is 0 Å². The summed E-state index contributed by atoms with van der Waals surface area (Å²) in [6.07, 6.45) is 0. The number of anilines is 1. The zero-order valence-electron chi connectivity index (χ0n) is 15.2. The van der Waals surface area contributed by atoms with Crippen molar-refractivity contribution < 1.29 is 9.32 Å². The lowest BCUT2D eigenvalue weighted by Gasteiger charge is -2.09. The molecule has 1 heterocycles. The number of benzene rings is 4. The number of amides is 1. The van der Waals surface area contributed by atoms with E-state index in [1.54, 1.807) is 12.1 Å². The van der Waals surface area contributed by atoms with Crippen molar-refractivity contribution in [2.75, 3.05) is 5.32 Å². The molecule has 0 spiro atoms. The molecule has 0 saturated heterocycles. The van der Waals surface area contributed by atoms with Gasteiger partial charge in [0.2, 0.25) is 0 Å². The van der Waals surface area contributed by atoms with E-state index in [2.05, 4.69) is 26.4 Å². The van der Waals surface area contributed by atoms with Gasteiger partial charge in [0.25, 0.3) is 5.91 Å². The molecule has 0 saturated carbocycles. The first-order valence-electron chi connectivity index (χ1n) is 9.13. The van der Waals surface area contributed by atoms with E-state index in [1.165, 1.54) is 0 Å². The van der Waals surface area contributed by atoms with Gasteiger partial charge in [0.1, 0.15) is 5.52 Å². The summed E-state index contributed by atoms with van der Waals surface area (Å²) in [7, 11) is 0. The third-order valence-corrected chi connectivity index (χ3v) is 5.41. The summed E-state index contributed by atoms with van der Waals surface area (Å²) in [4.78, 5) is 12.9. The number of carbonyl (C=O) groups excluding carboxylic acids is 1. The normalized spacial score (nSPS) is 11.1. The molecule has 0 fully saturated rings. The largest absolute Gasteiger partial charge is 0.355 e. The summed E-state index contributed by atoms with van der Waals surface area (Å²) in [5.41, 5.74) is 2.95. The maximum atomic E-state index is 12.9. The van der Waals surface area contributed by atoms with Crippen LogP contribution in [0.25, 0.3) is 33.0 Å². The van der Waals surface area contributed by atoms with Crippen LogP contribution in [-0.4, -0.2) is 11.1 Å². The first-order chi connectivity index (χ1) is 14.2. The van der Waals surface area contributed by atoms with Gasteiger partial charge >= 0.3 is 0 Å². The fourth-order valence-corrected chi connectivity index (χ4v) is 3.69. The summed E-state index contributed by atoms with van der Waals surface area (Å²) in [6, 6.07) is 27.0. The SMILES string of the molecule is O=C(Nc1cccc2ccccc12)c1ccc2noc(-c3ccc(Br)cc3)c2c1. The predicted octanol–water partition coefficient (Wildman–Crippen LogP) is 6.66. The Labute approximate surface area is 175 Å². The molecule has 0 radical (unpaired) electrons. The number of nitrogens with zero attached hydrogens (tertiary/aromatic N) is 1. The highest BCUT2D eigenvalue weighted by Gasteiger charge is 2.15. The second kappa shape index (κ2) is 7.18. The summed E-state index contributed by atoms with van der Waals surface area (Å²) < 4.78 is 6.54. The molecule has 0 unspecified atom stereocenters. The highest BCUT2D eigenvalue weighted by Crippen LogP contribution is 2.31. The maximum Gasteiger partial charge on any atom is 0.255 e. The van der Waals surface area contributed by atoms with Crippen molar-refractivity contribution in [3.63, 3.8) is 0 Å². The van der Waals surface area contributed by atoms with Crippen LogP contribution >= 0.6 is 15.9 Å². The van der Waals surface area contributed by atoms with Crippen molar-refractivity contribution in [2.24, 2.45) is 0 Å². The number of hydrogen-bond donors (Lipinski definition) is 1. The molecule has 0 bridgehead atoms. The molecule has 0 atom stereocenters. The Kier molecular flexibility index (Phi) is 4.37. The van der Waals surface area contributed by atoms with E-state index in [1.807, 2.05) is 72.8 Å². The fraction of sp³-hybridized carbons (Fsp3) is 0. The van der Waals surface area contributed by atoms with Gasteiger partial charge in [-0.3, -0.25) is 4.79 Å². The van der Waals surface area contributed by atoms with Gasteiger partial charge in [-0.2, -0.15) is 0 Å². The van der Waals surface area contributed by atoms with E-state index in [-0.39, 0.29) is 5.91 Å². The lowest BCUT2D eigenvalue weighted by Crippen LogP contribution is -2.12. The van der Waals surface area contributed by atoms with Gasteiger partial charge in [0.05, 0.1) is 5.39 Å². The Morgan fingerprint density at radius 2 is 1.66 bits per heavy atom. The number of nitrogens with one attached hydrogen (secondary N) is 1. The molecule has 4 nitrogen and oxygen atoms in total. The Hall–Kier alpha value is -3.44. The third-order valence-electron chi connectivity index (χ3n) is 4.88. The van der Waals surface area contributed by atoms with Crippen molar-refractivity contribution in [3.8, 4) is 11.3 Å². The molecule has 4 aromatic carbocycles. The molecule has 5 rings (SSSR count). The van der Waals surface area contributed by atoms with Crippen molar-refractivity contribution in [2.45, 2.75) is 0 Å². The molecule has 0 aliphatic heterocycles. The number of fused-ring (bicyclic) bond motifs is 2. The Bertz CT molecular complexity index is 1350. The topological polar surface area (TPSA) is 55.1 Å². The molecule has 0 aliphatic carbocycles. The van der Waals surface area contributed by atoms with Crippen molar-refractivity contribution in [1.29, 1.82) is 0 Å². The average Bonchev–Trinajstić information content (AvgIpc) is 3.18. The van der Waals surface area contributed by atoms with E-state index in [0.29, 0.717) is 16.8 Å². The van der Waals surface area contributed by atoms with Gasteiger partial charge in [-0.15, -0.1) is 0 Å². The van der Waals surface area contributed by atoms with Crippen LogP contribution < -0.4 is 5.32 Å². The van der Waals surface area contributed by atoms with E-state index in [9.17, 15) is 4.79 Å². The van der Waals surface area contributed by atoms with Crippen LogP contribution in [0, 0.1) is 0 Å². The Balaban J connectivity index is 1.52. The number of hydrogen-bond acceptors (Lipinski definition) is 3. The molecular formula is C24H15BrN2O2. The van der Waals surface area contributed by atoms with E-state index < -0.39 is 0 Å². The third kappa shape index (κ3) is 3.30. The summed E-state index contributed by atoms with van der Waals surface area (Å²) >= 11 is 3.44. The monoisotopic (exact) mass is 442 g/mol. The van der Waals surface area contributed by atoms with Crippen LogP contribution in [0.15, 0.2) is 93.9 Å². The smallest absolute Gasteiger partial charge is 0.255 e. The van der Waals surface area contributed by atoms with Crippen LogP contribution in [0.1, 0.15) is 10.4 Å². The summed E-state index contributed by atoms with van der Waals surface area (Å²) in [5, 5.41) is 10.0. The first-order valence-corrected chi connectivity index (χ1v) is 9.93. The number of halogens is 1. The molecule has 1 N–H and O–H groups in total. The van der Waals surface area contributed by atoms with Crippen molar-refractivity contribution in [3.05, 3.63) is 95.0 Å². The minimum Gasteiger partial charge on any atom is -0.355 e. The zero-order chi connectivity index (χ0) is 19.8. The average molecular weight is 443 g/mol. The minimum absolute atomic E-state index is 0.175. The van der Waals surface area contributed by atoms with E-state index >= 15 is 0 Å². The van der Waals surface area contributed by atoms with Crippen molar-refractivity contribution >= 4 is 49.2 Å². The summed E-state index contributed by atoms with van der Waals surface area (Å²) in [6.45, 7) is 0. The molecule has 29 heavy (non-hydrogen) atoms. The van der Waals surface area contributed by atoms with Gasteiger partial charge in [-0.1, -0.05) is 57.5 Å². The number of carbonyl (C=O) groups is 1. The molecule has 0 aliphatic rings.